The Bertz CT molecular complexity index is 89.1. The molecule has 0 radical (unpaired) electrons. The maximum Gasteiger partial charge on any atom is 0.214 e. The largest absolute Gasteiger partial charge is 0.415 e. The molecule has 0 aromatic rings. The highest BCUT2D eigenvalue weighted by Crippen LogP contribution is 2.20. The molecule has 3 heteroatoms. The fourth-order valence-corrected chi connectivity index (χ4v) is 3.15. The highest BCUT2D eigenvalue weighted by Gasteiger charge is 2.29. The summed E-state index contributed by atoms with van der Waals surface area (Å²) in [6, 6.07) is 1.14. The molecule has 1 atom stereocenters. The van der Waals surface area contributed by atoms with Gasteiger partial charge in [0.05, 0.1) is 6.23 Å². The first-order valence-corrected chi connectivity index (χ1v) is 6.34. The van der Waals surface area contributed by atoms with Crippen molar-refractivity contribution in [1.82, 2.24) is 0 Å². The minimum Gasteiger partial charge on any atom is -0.415 e. The van der Waals surface area contributed by atoms with E-state index in [1.807, 2.05) is 0 Å². The second-order valence-corrected chi connectivity index (χ2v) is 6.92. The van der Waals surface area contributed by atoms with Crippen molar-refractivity contribution in [2.24, 2.45) is 0 Å². The van der Waals surface area contributed by atoms with Gasteiger partial charge in [-0.1, -0.05) is 6.42 Å². The molecular weight excluding hydrogens is 132 g/mol. The Hall–Kier alpha value is 0.137. The van der Waals surface area contributed by atoms with Crippen molar-refractivity contribution in [3.8, 4) is 0 Å². The van der Waals surface area contributed by atoms with Crippen LogP contribution in [0.25, 0.3) is 0 Å². The molecule has 1 N–H and O–H groups in total. The van der Waals surface area contributed by atoms with Crippen molar-refractivity contribution in [1.29, 1.82) is 0 Å². The van der Waals surface area contributed by atoms with E-state index in [9.17, 15) is 0 Å². The highest BCUT2D eigenvalue weighted by molar-refractivity contribution is 6.72. The van der Waals surface area contributed by atoms with Crippen molar-refractivity contribution >= 4 is 8.32 Å². The third kappa shape index (κ3) is 1.78. The Balaban J connectivity index is 2.37. The molecule has 1 aliphatic rings. The van der Waals surface area contributed by atoms with Gasteiger partial charge in [0.2, 0.25) is 8.32 Å². The maximum atomic E-state index is 8.89. The molecule has 0 saturated carbocycles. The van der Waals surface area contributed by atoms with Gasteiger partial charge in [0.25, 0.3) is 0 Å². The quantitative estimate of drug-likeness (QED) is 0.557. The third-order valence-electron chi connectivity index (χ3n) is 1.88. The molecule has 9 heavy (non-hydrogen) atoms. The molecule has 0 bridgehead atoms. The number of aliphatic hydroxyl groups excluding tert-OH is 1. The number of rotatable bonds is 1. The minimum atomic E-state index is -1.55. The lowest BCUT2D eigenvalue weighted by Gasteiger charge is -2.29. The normalized spacial score (nSPS) is 36.7. The van der Waals surface area contributed by atoms with E-state index in [2.05, 4.69) is 6.55 Å². The highest BCUT2D eigenvalue weighted by atomic mass is 28.4. The zero-order chi connectivity index (χ0) is 6.74. The summed E-state index contributed by atoms with van der Waals surface area (Å²) >= 11 is 0. The first-order valence-electron chi connectivity index (χ1n) is 3.52. The van der Waals surface area contributed by atoms with E-state index in [0.717, 1.165) is 12.7 Å². The van der Waals surface area contributed by atoms with Crippen LogP contribution in [0.4, 0.5) is 0 Å². The summed E-state index contributed by atoms with van der Waals surface area (Å²) in [4.78, 5) is 0. The predicted molar refractivity (Wildman–Crippen MR) is 38.7 cm³/mol. The Kier molecular flexibility index (Phi) is 2.27. The molecule has 0 spiro atoms. The van der Waals surface area contributed by atoms with Gasteiger partial charge in [-0.25, -0.2) is 0 Å². The molecule has 1 unspecified atom stereocenters. The molecule has 0 aromatic heterocycles. The van der Waals surface area contributed by atoms with Crippen LogP contribution in [-0.4, -0.2) is 26.3 Å². The van der Waals surface area contributed by atoms with E-state index in [-0.39, 0.29) is 0 Å². The molecular formula is C6H14O2Si. The monoisotopic (exact) mass is 146 g/mol. The number of aliphatic hydroxyl groups is 1. The van der Waals surface area contributed by atoms with Gasteiger partial charge < -0.3 is 9.53 Å². The van der Waals surface area contributed by atoms with E-state index >= 15 is 0 Å². The summed E-state index contributed by atoms with van der Waals surface area (Å²) in [5.74, 6) is 0. The van der Waals surface area contributed by atoms with Crippen LogP contribution >= 0.6 is 0 Å². The lowest BCUT2D eigenvalue weighted by atomic mass is 10.4. The Morgan fingerprint density at radius 1 is 1.56 bits per heavy atom. The van der Waals surface area contributed by atoms with Crippen molar-refractivity contribution < 1.29 is 9.53 Å². The van der Waals surface area contributed by atoms with Crippen LogP contribution in [0.15, 0.2) is 0 Å². The topological polar surface area (TPSA) is 29.5 Å². The van der Waals surface area contributed by atoms with Crippen LogP contribution in [-0.2, 0) is 4.43 Å². The van der Waals surface area contributed by atoms with E-state index in [1.165, 1.54) is 12.8 Å². The first-order chi connectivity index (χ1) is 4.27. The molecule has 1 rings (SSSR count). The lowest BCUT2D eigenvalue weighted by molar-refractivity contribution is 0.234. The zero-order valence-corrected chi connectivity index (χ0v) is 6.89. The van der Waals surface area contributed by atoms with Gasteiger partial charge in [-0.15, -0.1) is 0 Å². The van der Waals surface area contributed by atoms with E-state index in [4.69, 9.17) is 9.53 Å². The van der Waals surface area contributed by atoms with Crippen LogP contribution in [0.1, 0.15) is 12.8 Å². The standard InChI is InChI=1S/C6H14O2Si/c1-9(6-7)5-3-2-4-8-9/h7H,2-6H2,1H3. The number of hydrogen-bond donors (Lipinski definition) is 1. The zero-order valence-electron chi connectivity index (χ0n) is 5.89. The minimum absolute atomic E-state index is 0.299. The van der Waals surface area contributed by atoms with E-state index in [0.29, 0.717) is 6.23 Å². The molecule has 1 saturated heterocycles. The third-order valence-corrected chi connectivity index (χ3v) is 4.87. The number of hydrogen-bond acceptors (Lipinski definition) is 2. The fraction of sp³-hybridized carbons (Fsp3) is 1.00. The Morgan fingerprint density at radius 2 is 2.33 bits per heavy atom. The van der Waals surface area contributed by atoms with E-state index in [1.54, 1.807) is 0 Å². The molecule has 1 heterocycles. The maximum absolute atomic E-state index is 8.89. The summed E-state index contributed by atoms with van der Waals surface area (Å²) < 4.78 is 5.50. The second kappa shape index (κ2) is 2.81. The predicted octanol–water partition coefficient (Wildman–Crippen LogP) is 0.904. The SMILES string of the molecule is C[Si]1(CO)CCCCO1. The van der Waals surface area contributed by atoms with Crippen molar-refractivity contribution in [2.75, 3.05) is 12.8 Å². The van der Waals surface area contributed by atoms with Crippen LogP contribution in [0.5, 0.6) is 0 Å². The summed E-state index contributed by atoms with van der Waals surface area (Å²) in [5.41, 5.74) is 0. The molecule has 0 amide bonds. The van der Waals surface area contributed by atoms with Gasteiger partial charge >= 0.3 is 0 Å². The smallest absolute Gasteiger partial charge is 0.214 e. The average molecular weight is 146 g/mol. The van der Waals surface area contributed by atoms with Gasteiger partial charge in [0.15, 0.2) is 0 Å². The van der Waals surface area contributed by atoms with Gasteiger partial charge in [0.1, 0.15) is 0 Å². The van der Waals surface area contributed by atoms with Crippen LogP contribution in [0.3, 0.4) is 0 Å². The van der Waals surface area contributed by atoms with Gasteiger partial charge in [-0.05, 0) is 19.0 Å². The average Bonchev–Trinajstić information content (AvgIpc) is 1.90. The first kappa shape index (κ1) is 7.25. The molecule has 1 fully saturated rings. The summed E-state index contributed by atoms with van der Waals surface area (Å²) in [5, 5.41) is 8.89. The van der Waals surface area contributed by atoms with Crippen molar-refractivity contribution in [3.63, 3.8) is 0 Å². The van der Waals surface area contributed by atoms with E-state index < -0.39 is 8.32 Å². The van der Waals surface area contributed by atoms with Gasteiger partial charge in [-0.2, -0.15) is 0 Å². The molecule has 1 aliphatic heterocycles. The summed E-state index contributed by atoms with van der Waals surface area (Å²) in [6.45, 7) is 2.98. The van der Waals surface area contributed by atoms with Crippen LogP contribution in [0.2, 0.25) is 12.6 Å². The molecule has 0 aromatic carbocycles. The van der Waals surface area contributed by atoms with Crippen molar-refractivity contribution in [3.05, 3.63) is 0 Å². The summed E-state index contributed by atoms with van der Waals surface area (Å²) in [6.07, 6.45) is 2.73. The second-order valence-electron chi connectivity index (χ2n) is 2.91. The Labute approximate surface area is 57.0 Å². The lowest BCUT2D eigenvalue weighted by Crippen LogP contribution is -2.42. The molecule has 0 aliphatic carbocycles. The van der Waals surface area contributed by atoms with Crippen molar-refractivity contribution in [2.45, 2.75) is 25.4 Å². The summed E-state index contributed by atoms with van der Waals surface area (Å²) in [7, 11) is -1.55. The van der Waals surface area contributed by atoms with Gasteiger partial charge in [-0.3, -0.25) is 0 Å². The van der Waals surface area contributed by atoms with Crippen LogP contribution in [0, 0.1) is 0 Å². The molecule has 2 nitrogen and oxygen atoms in total. The Morgan fingerprint density at radius 3 is 2.67 bits per heavy atom. The van der Waals surface area contributed by atoms with Gasteiger partial charge in [0, 0.05) is 6.61 Å². The molecule has 54 valence electrons. The van der Waals surface area contributed by atoms with Crippen LogP contribution < -0.4 is 0 Å². The fourth-order valence-electron chi connectivity index (χ4n) is 1.12.